The van der Waals surface area contributed by atoms with E-state index in [2.05, 4.69) is 15.5 Å². The Labute approximate surface area is 117 Å². The van der Waals surface area contributed by atoms with Crippen LogP contribution in [0.4, 0.5) is 5.82 Å². The van der Waals surface area contributed by atoms with E-state index in [0.717, 1.165) is 25.7 Å². The molecule has 20 heavy (non-hydrogen) atoms. The Kier molecular flexibility index (Phi) is 4.51. The summed E-state index contributed by atoms with van der Waals surface area (Å²) in [6.07, 6.45) is 6.81. The number of anilines is 1. The molecular formula is C14H18N4O2. The van der Waals surface area contributed by atoms with Crippen molar-refractivity contribution < 1.29 is 9.90 Å². The molecule has 0 bridgehead atoms. The van der Waals surface area contributed by atoms with Crippen LogP contribution >= 0.6 is 0 Å². The second kappa shape index (κ2) is 6.33. The van der Waals surface area contributed by atoms with Crippen molar-refractivity contribution >= 4 is 11.8 Å². The number of aromatic nitrogens is 2. The topological polar surface area (TPSA) is 98.9 Å². The average molecular weight is 274 g/mol. The number of nitrogens with zero attached hydrogens (tertiary/aromatic N) is 3. The smallest absolute Gasteiger partial charge is 0.311 e. The predicted octanol–water partition coefficient (Wildman–Crippen LogP) is 2.19. The van der Waals surface area contributed by atoms with Crippen molar-refractivity contribution in [1.82, 2.24) is 10.2 Å². The van der Waals surface area contributed by atoms with E-state index in [1.807, 2.05) is 6.07 Å². The van der Waals surface area contributed by atoms with Gasteiger partial charge in [-0.2, -0.15) is 10.4 Å². The number of rotatable bonds is 4. The highest BCUT2D eigenvalue weighted by atomic mass is 16.4. The van der Waals surface area contributed by atoms with Crippen LogP contribution in [-0.4, -0.2) is 27.8 Å². The van der Waals surface area contributed by atoms with Gasteiger partial charge in [-0.1, -0.05) is 25.7 Å². The maximum atomic E-state index is 11.7. The molecule has 0 radical (unpaired) electrons. The minimum Gasteiger partial charge on any atom is -0.481 e. The minimum absolute atomic E-state index is 0.287. The fourth-order valence-electron chi connectivity index (χ4n) is 2.68. The first-order chi connectivity index (χ1) is 9.68. The second-order valence-corrected chi connectivity index (χ2v) is 5.26. The third-order valence-electron chi connectivity index (χ3n) is 3.95. The summed E-state index contributed by atoms with van der Waals surface area (Å²) in [6.45, 7) is 0.287. The van der Waals surface area contributed by atoms with Gasteiger partial charge in [0.05, 0.1) is 17.2 Å². The number of carbonyl (C=O) groups is 1. The number of carboxylic acids is 1. The van der Waals surface area contributed by atoms with Gasteiger partial charge in [-0.05, 0) is 18.9 Å². The van der Waals surface area contributed by atoms with Gasteiger partial charge >= 0.3 is 5.97 Å². The molecule has 6 nitrogen and oxygen atoms in total. The molecule has 106 valence electrons. The van der Waals surface area contributed by atoms with Gasteiger partial charge in [0.2, 0.25) is 0 Å². The number of hydrogen-bond donors (Lipinski definition) is 2. The Bertz CT molecular complexity index is 516. The highest BCUT2D eigenvalue weighted by Gasteiger charge is 2.38. The van der Waals surface area contributed by atoms with E-state index in [0.29, 0.717) is 24.2 Å². The first-order valence-corrected chi connectivity index (χ1v) is 6.87. The average Bonchev–Trinajstić information content (AvgIpc) is 2.72. The van der Waals surface area contributed by atoms with Crippen LogP contribution < -0.4 is 5.32 Å². The van der Waals surface area contributed by atoms with Crippen LogP contribution in [0.3, 0.4) is 0 Å². The van der Waals surface area contributed by atoms with Crippen molar-refractivity contribution in [1.29, 1.82) is 5.26 Å². The first kappa shape index (κ1) is 14.3. The van der Waals surface area contributed by atoms with E-state index in [9.17, 15) is 9.90 Å². The van der Waals surface area contributed by atoms with Gasteiger partial charge in [-0.15, -0.1) is 5.10 Å². The molecule has 0 unspecified atom stereocenters. The molecule has 1 aromatic heterocycles. The van der Waals surface area contributed by atoms with Crippen molar-refractivity contribution in [2.24, 2.45) is 5.41 Å². The van der Waals surface area contributed by atoms with Gasteiger partial charge in [0.1, 0.15) is 6.07 Å². The van der Waals surface area contributed by atoms with Gasteiger partial charge in [0.15, 0.2) is 5.82 Å². The van der Waals surface area contributed by atoms with Crippen LogP contribution in [-0.2, 0) is 4.79 Å². The van der Waals surface area contributed by atoms with Crippen molar-refractivity contribution in [3.63, 3.8) is 0 Å². The molecule has 0 aromatic carbocycles. The van der Waals surface area contributed by atoms with Crippen LogP contribution in [0.5, 0.6) is 0 Å². The maximum absolute atomic E-state index is 11.7. The first-order valence-electron chi connectivity index (χ1n) is 6.87. The molecule has 1 fully saturated rings. The second-order valence-electron chi connectivity index (χ2n) is 5.26. The fourth-order valence-corrected chi connectivity index (χ4v) is 2.68. The van der Waals surface area contributed by atoms with Gasteiger partial charge in [-0.3, -0.25) is 4.79 Å². The molecular weight excluding hydrogens is 256 g/mol. The lowest BCUT2D eigenvalue weighted by atomic mass is 9.80. The van der Waals surface area contributed by atoms with E-state index in [1.54, 1.807) is 6.07 Å². The largest absolute Gasteiger partial charge is 0.481 e. The Morgan fingerprint density at radius 3 is 2.70 bits per heavy atom. The summed E-state index contributed by atoms with van der Waals surface area (Å²) in [5, 5.41) is 29.2. The maximum Gasteiger partial charge on any atom is 0.311 e. The lowest BCUT2D eigenvalue weighted by Crippen LogP contribution is -2.37. The summed E-state index contributed by atoms with van der Waals surface area (Å²) in [5.74, 6) is -0.408. The quantitative estimate of drug-likeness (QED) is 0.816. The van der Waals surface area contributed by atoms with Crippen molar-refractivity contribution in [2.45, 2.75) is 38.5 Å². The molecule has 2 N–H and O–H groups in total. The van der Waals surface area contributed by atoms with E-state index in [-0.39, 0.29) is 6.54 Å². The molecule has 2 rings (SSSR count). The highest BCUT2D eigenvalue weighted by Crippen LogP contribution is 2.35. The molecule has 1 aliphatic rings. The molecule has 1 saturated carbocycles. The summed E-state index contributed by atoms with van der Waals surface area (Å²) < 4.78 is 0. The predicted molar refractivity (Wildman–Crippen MR) is 73.0 cm³/mol. The van der Waals surface area contributed by atoms with Crippen LogP contribution in [0.15, 0.2) is 12.3 Å². The monoisotopic (exact) mass is 274 g/mol. The Morgan fingerprint density at radius 2 is 2.10 bits per heavy atom. The lowest BCUT2D eigenvalue weighted by Gasteiger charge is -2.28. The minimum atomic E-state index is -0.769. The zero-order valence-electron chi connectivity index (χ0n) is 11.3. The standard InChI is InChI=1S/C14H18N4O2/c15-9-11-5-8-17-18-12(11)16-10-14(13(19)20)6-3-1-2-4-7-14/h5,8H,1-4,6-7,10H2,(H,16,18)(H,19,20). The molecule has 0 saturated heterocycles. The molecule has 1 aromatic rings. The van der Waals surface area contributed by atoms with Gasteiger partial charge < -0.3 is 10.4 Å². The number of aliphatic carboxylic acids is 1. The van der Waals surface area contributed by atoms with Gasteiger partial charge in [0.25, 0.3) is 0 Å². The normalized spacial score (nSPS) is 17.8. The Hall–Kier alpha value is -2.16. The molecule has 1 aliphatic carbocycles. The van der Waals surface area contributed by atoms with Gasteiger partial charge in [-0.25, -0.2) is 0 Å². The van der Waals surface area contributed by atoms with Crippen LogP contribution in [0.1, 0.15) is 44.1 Å². The van der Waals surface area contributed by atoms with Crippen molar-refractivity contribution in [2.75, 3.05) is 11.9 Å². The third kappa shape index (κ3) is 3.05. The number of carboxylic acid groups (broad SMARTS) is 1. The van der Waals surface area contributed by atoms with E-state index >= 15 is 0 Å². The van der Waals surface area contributed by atoms with Crippen LogP contribution in [0.25, 0.3) is 0 Å². The number of hydrogen-bond acceptors (Lipinski definition) is 5. The zero-order valence-corrected chi connectivity index (χ0v) is 11.3. The summed E-state index contributed by atoms with van der Waals surface area (Å²) >= 11 is 0. The van der Waals surface area contributed by atoms with Crippen molar-refractivity contribution in [3.8, 4) is 6.07 Å². The van der Waals surface area contributed by atoms with E-state index < -0.39 is 11.4 Å². The molecule has 0 aliphatic heterocycles. The lowest BCUT2D eigenvalue weighted by molar-refractivity contribution is -0.149. The van der Waals surface area contributed by atoms with Crippen LogP contribution in [0.2, 0.25) is 0 Å². The fraction of sp³-hybridized carbons (Fsp3) is 0.571. The third-order valence-corrected chi connectivity index (χ3v) is 3.95. The SMILES string of the molecule is N#Cc1ccnnc1NCC1(C(=O)O)CCCCCC1. The van der Waals surface area contributed by atoms with E-state index in [4.69, 9.17) is 5.26 Å². The summed E-state index contributed by atoms with van der Waals surface area (Å²) in [5.41, 5.74) is -0.380. The van der Waals surface area contributed by atoms with E-state index in [1.165, 1.54) is 6.20 Å². The molecule has 1 heterocycles. The Balaban J connectivity index is 2.13. The summed E-state index contributed by atoms with van der Waals surface area (Å²) in [6, 6.07) is 3.59. The molecule has 0 atom stereocenters. The number of nitrogens with one attached hydrogen (secondary N) is 1. The molecule has 6 heteroatoms. The van der Waals surface area contributed by atoms with Crippen molar-refractivity contribution in [3.05, 3.63) is 17.8 Å². The number of nitriles is 1. The Morgan fingerprint density at radius 1 is 1.40 bits per heavy atom. The summed E-state index contributed by atoms with van der Waals surface area (Å²) in [4.78, 5) is 11.7. The highest BCUT2D eigenvalue weighted by molar-refractivity contribution is 5.75. The zero-order chi connectivity index (χ0) is 14.4. The summed E-state index contributed by atoms with van der Waals surface area (Å²) in [7, 11) is 0. The molecule has 0 amide bonds. The molecule has 0 spiro atoms. The van der Waals surface area contributed by atoms with Gasteiger partial charge in [0, 0.05) is 6.54 Å². The van der Waals surface area contributed by atoms with Crippen LogP contribution in [0, 0.1) is 16.7 Å².